The molecule has 0 heterocycles. The summed E-state index contributed by atoms with van der Waals surface area (Å²) in [5.41, 5.74) is 9.47. The first kappa shape index (κ1) is 15.0. The van der Waals surface area contributed by atoms with Crippen molar-refractivity contribution in [2.24, 2.45) is 0 Å². The molecule has 0 unspecified atom stereocenters. The molecule has 5 heteroatoms. The van der Waals surface area contributed by atoms with Crippen molar-refractivity contribution in [1.29, 1.82) is 0 Å². The van der Waals surface area contributed by atoms with E-state index in [1.807, 2.05) is 18.2 Å². The Labute approximate surface area is 134 Å². The van der Waals surface area contributed by atoms with E-state index in [1.54, 1.807) is 25.3 Å². The van der Waals surface area contributed by atoms with Crippen molar-refractivity contribution >= 4 is 11.6 Å². The van der Waals surface area contributed by atoms with Crippen LogP contribution in [0.2, 0.25) is 0 Å². The van der Waals surface area contributed by atoms with Crippen LogP contribution in [0.25, 0.3) is 5.70 Å². The highest BCUT2D eigenvalue weighted by Crippen LogP contribution is 2.27. The normalized spacial score (nSPS) is 12.2. The van der Waals surface area contributed by atoms with Gasteiger partial charge >= 0.3 is 0 Å². The first-order valence-corrected chi connectivity index (χ1v) is 7.29. The van der Waals surface area contributed by atoms with Gasteiger partial charge in [-0.3, -0.25) is 15.6 Å². The standard InChI is InChI=1S/C18H18N2O3/c1-22-16-10-8-13(11-17(16)23-2)18(21)20-19-15-9-7-12-5-3-4-6-14(12)15/h3-6,8-11,19H,7H2,1-2H3,(H,20,21). The molecule has 5 nitrogen and oxygen atoms in total. The number of carbonyl (C=O) groups is 1. The topological polar surface area (TPSA) is 59.6 Å². The number of fused-ring (bicyclic) bond motifs is 1. The van der Waals surface area contributed by atoms with Crippen LogP contribution >= 0.6 is 0 Å². The van der Waals surface area contributed by atoms with Gasteiger partial charge in [-0.2, -0.15) is 0 Å². The number of ether oxygens (including phenoxy) is 2. The van der Waals surface area contributed by atoms with E-state index in [-0.39, 0.29) is 5.91 Å². The van der Waals surface area contributed by atoms with Crippen LogP contribution in [-0.2, 0) is 6.42 Å². The van der Waals surface area contributed by atoms with Gasteiger partial charge in [0, 0.05) is 11.1 Å². The number of carbonyl (C=O) groups excluding carboxylic acids is 1. The van der Waals surface area contributed by atoms with E-state index in [9.17, 15) is 4.79 Å². The van der Waals surface area contributed by atoms with E-state index in [4.69, 9.17) is 9.47 Å². The highest BCUT2D eigenvalue weighted by molar-refractivity contribution is 5.95. The second kappa shape index (κ2) is 6.44. The SMILES string of the molecule is COc1ccc(C(=O)NNC2=CCc3ccccc32)cc1OC. The molecule has 3 rings (SSSR count). The summed E-state index contributed by atoms with van der Waals surface area (Å²) in [6, 6.07) is 13.1. The molecule has 0 aliphatic heterocycles. The van der Waals surface area contributed by atoms with Crippen LogP contribution in [-0.4, -0.2) is 20.1 Å². The molecule has 2 aromatic rings. The lowest BCUT2D eigenvalue weighted by molar-refractivity contribution is 0.0942. The molecule has 2 N–H and O–H groups in total. The molecule has 1 aliphatic carbocycles. The third kappa shape index (κ3) is 2.99. The number of nitrogens with one attached hydrogen (secondary N) is 2. The Balaban J connectivity index is 1.69. The molecule has 0 fully saturated rings. The fourth-order valence-corrected chi connectivity index (χ4v) is 2.58. The molecule has 2 aromatic carbocycles. The van der Waals surface area contributed by atoms with Gasteiger partial charge in [0.15, 0.2) is 11.5 Å². The van der Waals surface area contributed by atoms with Crippen LogP contribution in [0.3, 0.4) is 0 Å². The molecule has 1 amide bonds. The lowest BCUT2D eigenvalue weighted by atomic mass is 10.1. The molecule has 0 saturated heterocycles. The zero-order valence-corrected chi connectivity index (χ0v) is 13.1. The van der Waals surface area contributed by atoms with Gasteiger partial charge in [-0.25, -0.2) is 0 Å². The molecular formula is C18H18N2O3. The Morgan fingerprint density at radius 2 is 1.83 bits per heavy atom. The molecule has 1 aliphatic rings. The summed E-state index contributed by atoms with van der Waals surface area (Å²) < 4.78 is 10.4. The second-order valence-electron chi connectivity index (χ2n) is 5.13. The predicted molar refractivity (Wildman–Crippen MR) is 88.3 cm³/mol. The summed E-state index contributed by atoms with van der Waals surface area (Å²) in [4.78, 5) is 12.3. The predicted octanol–water partition coefficient (Wildman–Crippen LogP) is 2.54. The van der Waals surface area contributed by atoms with Crippen LogP contribution in [0, 0.1) is 0 Å². The lowest BCUT2D eigenvalue weighted by Crippen LogP contribution is -2.35. The quantitative estimate of drug-likeness (QED) is 0.833. The Bertz CT molecular complexity index is 769. The van der Waals surface area contributed by atoms with Crippen LogP contribution in [0.4, 0.5) is 0 Å². The van der Waals surface area contributed by atoms with E-state index < -0.39 is 0 Å². The molecule has 23 heavy (non-hydrogen) atoms. The van der Waals surface area contributed by atoms with Crippen LogP contribution in [0.5, 0.6) is 11.5 Å². The van der Waals surface area contributed by atoms with Crippen molar-refractivity contribution in [2.45, 2.75) is 6.42 Å². The smallest absolute Gasteiger partial charge is 0.269 e. The second-order valence-corrected chi connectivity index (χ2v) is 5.13. The Kier molecular flexibility index (Phi) is 4.19. The molecule has 0 saturated carbocycles. The van der Waals surface area contributed by atoms with Crippen LogP contribution < -0.4 is 20.3 Å². The Morgan fingerprint density at radius 1 is 1.04 bits per heavy atom. The minimum Gasteiger partial charge on any atom is -0.493 e. The minimum absolute atomic E-state index is 0.240. The van der Waals surface area contributed by atoms with E-state index >= 15 is 0 Å². The largest absolute Gasteiger partial charge is 0.493 e. The number of benzene rings is 2. The van der Waals surface area contributed by atoms with Gasteiger partial charge in [-0.1, -0.05) is 30.3 Å². The fourth-order valence-electron chi connectivity index (χ4n) is 2.58. The third-order valence-electron chi connectivity index (χ3n) is 3.79. The number of allylic oxidation sites excluding steroid dienone is 1. The molecule has 0 spiro atoms. The Morgan fingerprint density at radius 3 is 2.61 bits per heavy atom. The molecule has 0 atom stereocenters. The van der Waals surface area contributed by atoms with Gasteiger partial charge in [0.25, 0.3) is 5.91 Å². The molecular weight excluding hydrogens is 292 g/mol. The van der Waals surface area contributed by atoms with Gasteiger partial charge in [0.1, 0.15) is 0 Å². The zero-order chi connectivity index (χ0) is 16.2. The van der Waals surface area contributed by atoms with E-state index in [1.165, 1.54) is 12.7 Å². The highest BCUT2D eigenvalue weighted by atomic mass is 16.5. The lowest BCUT2D eigenvalue weighted by Gasteiger charge is -2.12. The van der Waals surface area contributed by atoms with Crippen molar-refractivity contribution in [3.63, 3.8) is 0 Å². The first-order chi connectivity index (χ1) is 11.2. The van der Waals surface area contributed by atoms with Gasteiger partial charge in [-0.05, 0) is 30.2 Å². The number of methoxy groups -OCH3 is 2. The summed E-state index contributed by atoms with van der Waals surface area (Å²) in [6.45, 7) is 0. The van der Waals surface area contributed by atoms with Gasteiger partial charge < -0.3 is 9.47 Å². The fraction of sp³-hybridized carbons (Fsp3) is 0.167. The first-order valence-electron chi connectivity index (χ1n) is 7.29. The Hall–Kier alpha value is -2.95. The average molecular weight is 310 g/mol. The van der Waals surface area contributed by atoms with E-state index in [0.717, 1.165) is 17.7 Å². The van der Waals surface area contributed by atoms with Crippen molar-refractivity contribution in [3.05, 3.63) is 65.2 Å². The highest BCUT2D eigenvalue weighted by Gasteiger charge is 2.15. The summed E-state index contributed by atoms with van der Waals surface area (Å²) >= 11 is 0. The summed E-state index contributed by atoms with van der Waals surface area (Å²) in [7, 11) is 3.10. The van der Waals surface area contributed by atoms with Gasteiger partial charge in [0.2, 0.25) is 0 Å². The monoisotopic (exact) mass is 310 g/mol. The van der Waals surface area contributed by atoms with Crippen molar-refractivity contribution in [2.75, 3.05) is 14.2 Å². The molecule has 0 bridgehead atoms. The summed E-state index contributed by atoms with van der Waals surface area (Å²) in [6.07, 6.45) is 2.92. The van der Waals surface area contributed by atoms with Crippen LogP contribution in [0.1, 0.15) is 21.5 Å². The maximum atomic E-state index is 12.3. The van der Waals surface area contributed by atoms with Gasteiger partial charge in [0.05, 0.1) is 19.9 Å². The number of hydrogen-bond acceptors (Lipinski definition) is 4. The zero-order valence-electron chi connectivity index (χ0n) is 13.1. The number of hydrogen-bond donors (Lipinski definition) is 2. The maximum absolute atomic E-state index is 12.3. The van der Waals surface area contributed by atoms with E-state index in [0.29, 0.717) is 17.1 Å². The number of amides is 1. The summed E-state index contributed by atoms with van der Waals surface area (Å²) in [5, 5.41) is 0. The van der Waals surface area contributed by atoms with Crippen molar-refractivity contribution in [3.8, 4) is 11.5 Å². The molecule has 0 aromatic heterocycles. The number of rotatable bonds is 5. The maximum Gasteiger partial charge on any atom is 0.269 e. The number of hydrazine groups is 1. The minimum atomic E-state index is -0.240. The third-order valence-corrected chi connectivity index (χ3v) is 3.79. The van der Waals surface area contributed by atoms with Crippen molar-refractivity contribution in [1.82, 2.24) is 10.9 Å². The average Bonchev–Trinajstić information content (AvgIpc) is 3.02. The molecule has 118 valence electrons. The van der Waals surface area contributed by atoms with Crippen molar-refractivity contribution < 1.29 is 14.3 Å². The van der Waals surface area contributed by atoms with E-state index in [2.05, 4.69) is 23.0 Å². The van der Waals surface area contributed by atoms with Crippen LogP contribution in [0.15, 0.2) is 48.5 Å². The summed E-state index contributed by atoms with van der Waals surface area (Å²) in [5.74, 6) is 0.867. The van der Waals surface area contributed by atoms with Gasteiger partial charge in [-0.15, -0.1) is 0 Å². The molecule has 0 radical (unpaired) electrons.